The zero-order valence-electron chi connectivity index (χ0n) is 20.0. The molecule has 0 aromatic carbocycles. The molecule has 9 nitrogen and oxygen atoms in total. The minimum absolute atomic E-state index is 0.0947. The molecule has 2 rings (SSSR count). The van der Waals surface area contributed by atoms with Gasteiger partial charge in [-0.25, -0.2) is 4.79 Å². The van der Waals surface area contributed by atoms with Crippen molar-refractivity contribution in [1.29, 1.82) is 0 Å². The number of hydrogen-bond donors (Lipinski definition) is 1. The molecular formula is C23H39N3O6. The van der Waals surface area contributed by atoms with Crippen LogP contribution >= 0.6 is 0 Å². The van der Waals surface area contributed by atoms with Crippen LogP contribution < -0.4 is 5.32 Å². The average molecular weight is 454 g/mol. The quantitative estimate of drug-likeness (QED) is 0.593. The number of esters is 1. The highest BCUT2D eigenvalue weighted by molar-refractivity contribution is 5.78. The summed E-state index contributed by atoms with van der Waals surface area (Å²) in [6.45, 7) is 8.39. The third-order valence-corrected chi connectivity index (χ3v) is 5.95. The van der Waals surface area contributed by atoms with Crippen molar-refractivity contribution in [2.75, 3.05) is 39.8 Å². The average Bonchev–Trinajstić information content (AvgIpc) is 2.73. The Balaban J connectivity index is 1.70. The fourth-order valence-corrected chi connectivity index (χ4v) is 4.22. The summed E-state index contributed by atoms with van der Waals surface area (Å²) in [5.74, 6) is 0.0962. The molecule has 0 radical (unpaired) electrons. The Morgan fingerprint density at radius 1 is 0.938 bits per heavy atom. The minimum atomic E-state index is -0.507. The van der Waals surface area contributed by atoms with Crippen LogP contribution in [0.5, 0.6) is 0 Å². The summed E-state index contributed by atoms with van der Waals surface area (Å²) in [5, 5.41) is 2.75. The van der Waals surface area contributed by atoms with Gasteiger partial charge in [0.25, 0.3) is 0 Å². The van der Waals surface area contributed by atoms with Gasteiger partial charge in [0, 0.05) is 45.6 Å². The second-order valence-electron chi connectivity index (χ2n) is 9.84. The maximum Gasteiger partial charge on any atom is 0.410 e. The topological polar surface area (TPSA) is 105 Å². The Hall–Kier alpha value is -2.32. The molecule has 1 unspecified atom stereocenters. The summed E-state index contributed by atoms with van der Waals surface area (Å²) in [4.78, 5) is 51.9. The van der Waals surface area contributed by atoms with Gasteiger partial charge in [0.05, 0.1) is 13.5 Å². The van der Waals surface area contributed by atoms with E-state index in [1.807, 2.05) is 25.7 Å². The van der Waals surface area contributed by atoms with Crippen LogP contribution in [0.4, 0.5) is 4.79 Å². The number of nitrogens with zero attached hydrogens (tertiary/aromatic N) is 2. The summed E-state index contributed by atoms with van der Waals surface area (Å²) in [6, 6.07) is 0. The molecule has 0 saturated carbocycles. The van der Waals surface area contributed by atoms with E-state index in [4.69, 9.17) is 4.74 Å². The fourth-order valence-electron chi connectivity index (χ4n) is 4.22. The highest BCUT2D eigenvalue weighted by Crippen LogP contribution is 2.25. The first-order chi connectivity index (χ1) is 15.1. The SMILES string of the molecule is COC(=O)CCNC(=O)CC1CCCN(C(=O)CC2CCN(C(=O)OC(C)(C)C)CC2)C1. The van der Waals surface area contributed by atoms with Gasteiger partial charge in [-0.1, -0.05) is 0 Å². The first-order valence-electron chi connectivity index (χ1n) is 11.7. The molecule has 1 atom stereocenters. The zero-order valence-corrected chi connectivity index (χ0v) is 20.0. The van der Waals surface area contributed by atoms with Gasteiger partial charge in [-0.15, -0.1) is 0 Å². The molecule has 9 heteroatoms. The predicted octanol–water partition coefficient (Wildman–Crippen LogP) is 2.33. The van der Waals surface area contributed by atoms with Crippen molar-refractivity contribution >= 4 is 23.9 Å². The number of carbonyl (C=O) groups excluding carboxylic acids is 4. The van der Waals surface area contributed by atoms with Gasteiger partial charge in [-0.2, -0.15) is 0 Å². The minimum Gasteiger partial charge on any atom is -0.469 e. The van der Waals surface area contributed by atoms with Gasteiger partial charge >= 0.3 is 12.1 Å². The number of likely N-dealkylation sites (tertiary alicyclic amines) is 2. The number of hydrogen-bond acceptors (Lipinski definition) is 6. The largest absolute Gasteiger partial charge is 0.469 e. The monoisotopic (exact) mass is 453 g/mol. The lowest BCUT2D eigenvalue weighted by molar-refractivity contribution is -0.140. The van der Waals surface area contributed by atoms with Gasteiger partial charge in [-0.3, -0.25) is 14.4 Å². The van der Waals surface area contributed by atoms with Gasteiger partial charge in [0.2, 0.25) is 11.8 Å². The molecular weight excluding hydrogens is 414 g/mol. The van der Waals surface area contributed by atoms with E-state index < -0.39 is 5.60 Å². The Labute approximate surface area is 191 Å². The normalized spacial score (nSPS) is 19.9. The second-order valence-corrected chi connectivity index (χ2v) is 9.84. The standard InChI is InChI=1S/C23H39N3O6/c1-23(2,3)32-22(30)25-12-8-17(9-13-25)15-20(28)26-11-5-6-18(16-26)14-19(27)24-10-7-21(29)31-4/h17-18H,5-16H2,1-4H3,(H,24,27). The molecule has 2 aliphatic heterocycles. The molecule has 2 aliphatic rings. The molecule has 0 aromatic rings. The summed E-state index contributed by atoms with van der Waals surface area (Å²) < 4.78 is 9.99. The van der Waals surface area contributed by atoms with E-state index >= 15 is 0 Å². The van der Waals surface area contributed by atoms with Crippen LogP contribution in [0.1, 0.15) is 65.7 Å². The highest BCUT2D eigenvalue weighted by atomic mass is 16.6. The van der Waals surface area contributed by atoms with Crippen molar-refractivity contribution in [3.63, 3.8) is 0 Å². The lowest BCUT2D eigenvalue weighted by Gasteiger charge is -2.36. The van der Waals surface area contributed by atoms with E-state index in [-0.39, 0.29) is 48.7 Å². The van der Waals surface area contributed by atoms with E-state index in [1.165, 1.54) is 7.11 Å². The Morgan fingerprint density at radius 2 is 1.62 bits per heavy atom. The molecule has 2 heterocycles. The smallest absolute Gasteiger partial charge is 0.410 e. The van der Waals surface area contributed by atoms with Crippen molar-refractivity contribution in [1.82, 2.24) is 15.1 Å². The Bertz CT molecular complexity index is 667. The number of nitrogens with one attached hydrogen (secondary N) is 1. The molecule has 2 fully saturated rings. The van der Waals surface area contributed by atoms with Gasteiger partial charge in [0.15, 0.2) is 0 Å². The number of amides is 3. The summed E-state index contributed by atoms with van der Waals surface area (Å²) in [7, 11) is 1.32. The van der Waals surface area contributed by atoms with Crippen LogP contribution in [-0.4, -0.2) is 79.1 Å². The van der Waals surface area contributed by atoms with E-state index in [2.05, 4.69) is 10.1 Å². The first-order valence-corrected chi connectivity index (χ1v) is 11.7. The number of rotatable bonds is 7. The molecule has 182 valence electrons. The van der Waals surface area contributed by atoms with Crippen LogP contribution in [0, 0.1) is 11.8 Å². The van der Waals surface area contributed by atoms with Crippen LogP contribution in [-0.2, 0) is 23.9 Å². The van der Waals surface area contributed by atoms with Crippen LogP contribution in [0.25, 0.3) is 0 Å². The molecule has 0 aromatic heterocycles. The van der Waals surface area contributed by atoms with Gasteiger partial charge in [-0.05, 0) is 58.3 Å². The number of piperidine rings is 2. The van der Waals surface area contributed by atoms with Crippen molar-refractivity contribution in [2.45, 2.75) is 71.3 Å². The summed E-state index contributed by atoms with van der Waals surface area (Å²) >= 11 is 0. The predicted molar refractivity (Wildman–Crippen MR) is 119 cm³/mol. The van der Waals surface area contributed by atoms with Crippen LogP contribution in [0.2, 0.25) is 0 Å². The molecule has 0 spiro atoms. The summed E-state index contributed by atoms with van der Waals surface area (Å²) in [5.41, 5.74) is -0.507. The molecule has 1 N–H and O–H groups in total. The van der Waals surface area contributed by atoms with Crippen molar-refractivity contribution in [2.24, 2.45) is 11.8 Å². The maximum atomic E-state index is 12.8. The van der Waals surface area contributed by atoms with Gasteiger partial charge in [0.1, 0.15) is 5.60 Å². The maximum absolute atomic E-state index is 12.8. The Kier molecular flexibility index (Phi) is 9.78. The number of carbonyl (C=O) groups is 4. The number of methoxy groups -OCH3 is 1. The molecule has 0 aliphatic carbocycles. The van der Waals surface area contributed by atoms with E-state index in [0.717, 1.165) is 32.2 Å². The van der Waals surface area contributed by atoms with Crippen molar-refractivity contribution in [3.05, 3.63) is 0 Å². The van der Waals surface area contributed by atoms with E-state index in [9.17, 15) is 19.2 Å². The summed E-state index contributed by atoms with van der Waals surface area (Å²) in [6.07, 6.45) is 4.12. The van der Waals surface area contributed by atoms with Crippen LogP contribution in [0.3, 0.4) is 0 Å². The Morgan fingerprint density at radius 3 is 2.25 bits per heavy atom. The van der Waals surface area contributed by atoms with E-state index in [1.54, 1.807) is 4.90 Å². The third-order valence-electron chi connectivity index (χ3n) is 5.95. The number of ether oxygens (including phenoxy) is 2. The second kappa shape index (κ2) is 12.1. The lowest BCUT2D eigenvalue weighted by atomic mass is 9.91. The van der Waals surface area contributed by atoms with Crippen molar-refractivity contribution in [3.8, 4) is 0 Å². The lowest BCUT2D eigenvalue weighted by Crippen LogP contribution is -2.44. The van der Waals surface area contributed by atoms with Gasteiger partial charge < -0.3 is 24.6 Å². The highest BCUT2D eigenvalue weighted by Gasteiger charge is 2.30. The van der Waals surface area contributed by atoms with Crippen molar-refractivity contribution < 1.29 is 28.7 Å². The molecule has 2 saturated heterocycles. The third kappa shape index (κ3) is 9.04. The zero-order chi connectivity index (χ0) is 23.7. The molecule has 3 amide bonds. The molecule has 0 bridgehead atoms. The fraction of sp³-hybridized carbons (Fsp3) is 0.826. The van der Waals surface area contributed by atoms with Crippen LogP contribution in [0.15, 0.2) is 0 Å². The van der Waals surface area contributed by atoms with E-state index in [0.29, 0.717) is 32.5 Å². The molecule has 32 heavy (non-hydrogen) atoms. The first kappa shape index (κ1) is 25.9.